The summed E-state index contributed by atoms with van der Waals surface area (Å²) in [4.78, 5) is 2.43. The molecule has 98 valence electrons. The van der Waals surface area contributed by atoms with Gasteiger partial charge in [0.1, 0.15) is 0 Å². The molecule has 2 heterocycles. The van der Waals surface area contributed by atoms with E-state index in [4.69, 9.17) is 9.47 Å². The maximum absolute atomic E-state index is 9.40. The fourth-order valence-electron chi connectivity index (χ4n) is 3.21. The van der Waals surface area contributed by atoms with Crippen molar-refractivity contribution in [2.75, 3.05) is 33.9 Å². The fourth-order valence-corrected chi connectivity index (χ4v) is 3.21. The van der Waals surface area contributed by atoms with E-state index < -0.39 is 0 Å². The van der Waals surface area contributed by atoms with Crippen molar-refractivity contribution in [3.05, 3.63) is 23.3 Å². The van der Waals surface area contributed by atoms with Crippen LogP contribution in [-0.4, -0.2) is 43.9 Å². The Labute approximate surface area is 107 Å². The number of ether oxygens (including phenoxy) is 2. The van der Waals surface area contributed by atoms with E-state index in [9.17, 15) is 5.11 Å². The van der Waals surface area contributed by atoms with E-state index in [0.717, 1.165) is 31.0 Å². The Kier molecular flexibility index (Phi) is 2.92. The van der Waals surface area contributed by atoms with Crippen LogP contribution < -0.4 is 9.47 Å². The van der Waals surface area contributed by atoms with Crippen molar-refractivity contribution in [1.82, 2.24) is 4.90 Å². The number of methoxy groups -OCH3 is 2. The molecule has 2 atom stereocenters. The highest BCUT2D eigenvalue weighted by molar-refractivity contribution is 5.50. The third-order valence-electron chi connectivity index (χ3n) is 4.18. The lowest BCUT2D eigenvalue weighted by atomic mass is 9.78. The first-order valence-electron chi connectivity index (χ1n) is 6.38. The molecule has 3 rings (SSSR count). The van der Waals surface area contributed by atoms with E-state index in [1.54, 1.807) is 14.2 Å². The van der Waals surface area contributed by atoms with E-state index in [-0.39, 0.29) is 6.61 Å². The largest absolute Gasteiger partial charge is 0.493 e. The summed E-state index contributed by atoms with van der Waals surface area (Å²) in [5.74, 6) is 1.94. The van der Waals surface area contributed by atoms with Crippen molar-refractivity contribution in [2.45, 2.75) is 12.5 Å². The van der Waals surface area contributed by atoms with Crippen LogP contribution >= 0.6 is 0 Å². The smallest absolute Gasteiger partial charge is 0.161 e. The molecule has 0 aromatic heterocycles. The quantitative estimate of drug-likeness (QED) is 0.874. The number of benzene rings is 1. The van der Waals surface area contributed by atoms with Crippen LogP contribution in [0.15, 0.2) is 12.1 Å². The van der Waals surface area contributed by atoms with E-state index in [1.165, 1.54) is 11.1 Å². The lowest BCUT2D eigenvalue weighted by Crippen LogP contribution is -2.54. The van der Waals surface area contributed by atoms with Gasteiger partial charge in [-0.1, -0.05) is 0 Å². The van der Waals surface area contributed by atoms with Crippen molar-refractivity contribution in [3.8, 4) is 11.5 Å². The van der Waals surface area contributed by atoms with Gasteiger partial charge in [0.25, 0.3) is 0 Å². The average molecular weight is 249 g/mol. The number of aliphatic hydroxyl groups is 1. The van der Waals surface area contributed by atoms with Gasteiger partial charge in [0.05, 0.1) is 14.2 Å². The first-order chi connectivity index (χ1) is 8.78. The monoisotopic (exact) mass is 249 g/mol. The fraction of sp³-hybridized carbons (Fsp3) is 0.571. The summed E-state index contributed by atoms with van der Waals surface area (Å²) in [7, 11) is 3.33. The van der Waals surface area contributed by atoms with Gasteiger partial charge in [-0.15, -0.1) is 0 Å². The van der Waals surface area contributed by atoms with Gasteiger partial charge >= 0.3 is 0 Å². The summed E-state index contributed by atoms with van der Waals surface area (Å²) < 4.78 is 10.7. The molecule has 0 saturated carbocycles. The second-order valence-corrected chi connectivity index (χ2v) is 5.04. The zero-order valence-electron chi connectivity index (χ0n) is 10.8. The predicted molar refractivity (Wildman–Crippen MR) is 68.1 cm³/mol. The van der Waals surface area contributed by atoms with E-state index in [2.05, 4.69) is 17.0 Å². The van der Waals surface area contributed by atoms with Crippen LogP contribution in [0, 0.1) is 5.92 Å². The zero-order valence-corrected chi connectivity index (χ0v) is 10.8. The Bertz CT molecular complexity index is 461. The summed E-state index contributed by atoms with van der Waals surface area (Å²) >= 11 is 0. The summed E-state index contributed by atoms with van der Waals surface area (Å²) in [5.41, 5.74) is 2.62. The van der Waals surface area contributed by atoms with Gasteiger partial charge in [0.2, 0.25) is 0 Å². The first kappa shape index (κ1) is 11.8. The summed E-state index contributed by atoms with van der Waals surface area (Å²) in [6.07, 6.45) is 1.05. The highest BCUT2D eigenvalue weighted by Crippen LogP contribution is 2.46. The van der Waals surface area contributed by atoms with Gasteiger partial charge in [0.15, 0.2) is 11.5 Å². The number of hydrogen-bond acceptors (Lipinski definition) is 4. The molecule has 2 aliphatic heterocycles. The average Bonchev–Trinajstić information content (AvgIpc) is 2.37. The van der Waals surface area contributed by atoms with Gasteiger partial charge in [-0.3, -0.25) is 4.90 Å². The van der Waals surface area contributed by atoms with Crippen molar-refractivity contribution < 1.29 is 14.6 Å². The second-order valence-electron chi connectivity index (χ2n) is 5.04. The molecule has 1 fully saturated rings. The van der Waals surface area contributed by atoms with Gasteiger partial charge in [-0.25, -0.2) is 0 Å². The van der Waals surface area contributed by atoms with E-state index >= 15 is 0 Å². The normalized spacial score (nSPS) is 25.9. The summed E-state index contributed by atoms with van der Waals surface area (Å²) in [5, 5.41) is 9.40. The van der Waals surface area contributed by atoms with E-state index in [0.29, 0.717) is 12.0 Å². The third-order valence-corrected chi connectivity index (χ3v) is 4.18. The number of aliphatic hydroxyl groups excluding tert-OH is 1. The number of nitrogens with zero attached hydrogens (tertiary/aromatic N) is 1. The molecule has 1 saturated heterocycles. The summed E-state index contributed by atoms with van der Waals surface area (Å²) in [6, 6.07) is 4.52. The third kappa shape index (κ3) is 1.60. The Morgan fingerprint density at radius 2 is 2.00 bits per heavy atom. The number of fused-ring (bicyclic) bond motifs is 3. The first-order valence-corrected chi connectivity index (χ1v) is 6.38. The molecule has 18 heavy (non-hydrogen) atoms. The molecule has 0 amide bonds. The van der Waals surface area contributed by atoms with Crippen molar-refractivity contribution in [2.24, 2.45) is 5.92 Å². The van der Waals surface area contributed by atoms with Crippen LogP contribution in [0.1, 0.15) is 17.2 Å². The highest BCUT2D eigenvalue weighted by Gasteiger charge is 2.42. The second kappa shape index (κ2) is 4.44. The van der Waals surface area contributed by atoms with Crippen molar-refractivity contribution >= 4 is 0 Å². The summed E-state index contributed by atoms with van der Waals surface area (Å²) in [6.45, 7) is 2.34. The lowest BCUT2D eigenvalue weighted by molar-refractivity contribution is -0.0250. The Morgan fingerprint density at radius 3 is 2.67 bits per heavy atom. The standard InChI is InChI=1S/C14H19NO3/c1-17-12-5-9-3-4-15-7-10(8-16)14(15)11(9)6-13(12)18-2/h5-6,10,14,16H,3-4,7-8H2,1-2H3/t10-,14-/m1/s1. The molecule has 0 radical (unpaired) electrons. The van der Waals surface area contributed by atoms with Crippen LogP contribution in [0.25, 0.3) is 0 Å². The Morgan fingerprint density at radius 1 is 1.28 bits per heavy atom. The molecule has 0 spiro atoms. The van der Waals surface area contributed by atoms with Gasteiger partial charge < -0.3 is 14.6 Å². The molecule has 4 heteroatoms. The molecule has 0 aliphatic carbocycles. The number of rotatable bonds is 3. The zero-order chi connectivity index (χ0) is 12.7. The minimum atomic E-state index is 0.259. The molecule has 4 nitrogen and oxygen atoms in total. The minimum absolute atomic E-state index is 0.259. The maximum atomic E-state index is 9.40. The topological polar surface area (TPSA) is 41.9 Å². The van der Waals surface area contributed by atoms with Crippen LogP contribution in [0.4, 0.5) is 0 Å². The lowest BCUT2D eigenvalue weighted by Gasteiger charge is -2.51. The molecule has 1 N–H and O–H groups in total. The molecule has 0 unspecified atom stereocenters. The number of hydrogen-bond donors (Lipinski definition) is 1. The minimum Gasteiger partial charge on any atom is -0.493 e. The predicted octanol–water partition coefficient (Wildman–Crippen LogP) is 1.23. The van der Waals surface area contributed by atoms with Gasteiger partial charge in [-0.05, 0) is 29.7 Å². The highest BCUT2D eigenvalue weighted by atomic mass is 16.5. The Balaban J connectivity index is 2.02. The van der Waals surface area contributed by atoms with Gasteiger partial charge in [0, 0.05) is 31.7 Å². The SMILES string of the molecule is COc1cc2c(cc1OC)[C@H]1[C@@H](CO)CN1CC2. The molecular formula is C14H19NO3. The maximum Gasteiger partial charge on any atom is 0.161 e. The molecule has 1 aromatic rings. The molecule has 0 bridgehead atoms. The Hall–Kier alpha value is -1.26. The van der Waals surface area contributed by atoms with Crippen LogP contribution in [0.2, 0.25) is 0 Å². The van der Waals surface area contributed by atoms with Crippen LogP contribution in [0.5, 0.6) is 11.5 Å². The molecular weight excluding hydrogens is 230 g/mol. The van der Waals surface area contributed by atoms with Crippen molar-refractivity contribution in [3.63, 3.8) is 0 Å². The van der Waals surface area contributed by atoms with Crippen LogP contribution in [0.3, 0.4) is 0 Å². The van der Waals surface area contributed by atoms with Gasteiger partial charge in [-0.2, -0.15) is 0 Å². The molecule has 2 aliphatic rings. The van der Waals surface area contributed by atoms with Crippen molar-refractivity contribution in [1.29, 1.82) is 0 Å². The molecule has 1 aromatic carbocycles. The van der Waals surface area contributed by atoms with E-state index in [1.807, 2.05) is 0 Å². The van der Waals surface area contributed by atoms with Crippen LogP contribution in [-0.2, 0) is 6.42 Å².